The number of benzene rings is 2. The number of esters is 1. The largest absolute Gasteiger partial charge is 0.497 e. The molecule has 0 fully saturated rings. The van der Waals surface area contributed by atoms with Gasteiger partial charge in [0.05, 0.1) is 32.3 Å². The van der Waals surface area contributed by atoms with Crippen LogP contribution in [0, 0.1) is 0 Å². The minimum atomic E-state index is -0.423. The number of amides is 1. The first-order valence-corrected chi connectivity index (χ1v) is 8.24. The van der Waals surface area contributed by atoms with Gasteiger partial charge in [-0.25, -0.2) is 4.79 Å². The Bertz CT molecular complexity index is 786. The smallest absolute Gasteiger partial charge is 0.338 e. The fraction of sp³-hybridized carbons (Fsp3) is 0.300. The lowest BCUT2D eigenvalue weighted by Gasteiger charge is -2.12. The fourth-order valence-electron chi connectivity index (χ4n) is 2.38. The van der Waals surface area contributed by atoms with E-state index in [1.165, 1.54) is 0 Å². The molecule has 0 bridgehead atoms. The molecule has 0 saturated carbocycles. The number of nitrogens with one attached hydrogen (secondary N) is 1. The Labute approximate surface area is 153 Å². The summed E-state index contributed by atoms with van der Waals surface area (Å²) in [5.74, 6) is 0.590. The summed E-state index contributed by atoms with van der Waals surface area (Å²) in [5, 5.41) is 2.79. The van der Waals surface area contributed by atoms with Gasteiger partial charge in [-0.05, 0) is 38.1 Å². The summed E-state index contributed by atoms with van der Waals surface area (Å²) < 4.78 is 15.6. The van der Waals surface area contributed by atoms with Gasteiger partial charge in [0.2, 0.25) is 5.91 Å². The maximum absolute atomic E-state index is 12.3. The Kier molecular flexibility index (Phi) is 6.60. The van der Waals surface area contributed by atoms with Gasteiger partial charge in [0, 0.05) is 17.3 Å². The van der Waals surface area contributed by atoms with E-state index in [-0.39, 0.29) is 18.4 Å². The Morgan fingerprint density at radius 3 is 2.46 bits per heavy atom. The van der Waals surface area contributed by atoms with Gasteiger partial charge in [0.25, 0.3) is 0 Å². The number of hydrogen-bond donors (Lipinski definition) is 1. The van der Waals surface area contributed by atoms with Crippen molar-refractivity contribution >= 4 is 17.6 Å². The Morgan fingerprint density at radius 1 is 1.04 bits per heavy atom. The molecule has 1 N–H and O–H groups in total. The van der Waals surface area contributed by atoms with Crippen LogP contribution < -0.4 is 14.8 Å². The van der Waals surface area contributed by atoms with Crippen LogP contribution in [0.5, 0.6) is 11.5 Å². The zero-order chi connectivity index (χ0) is 19.1. The highest BCUT2D eigenvalue weighted by Crippen LogP contribution is 2.25. The SMILES string of the molecule is COc1ccc(CC(=O)Nc2cccc(C(=O)OC(C)C)c2)c(OC)c1. The molecular formula is C20H23NO5. The molecule has 0 radical (unpaired) electrons. The van der Waals surface area contributed by atoms with Crippen LogP contribution in [0.1, 0.15) is 29.8 Å². The van der Waals surface area contributed by atoms with Crippen molar-refractivity contribution in [1.82, 2.24) is 0 Å². The van der Waals surface area contributed by atoms with Crippen molar-refractivity contribution < 1.29 is 23.8 Å². The zero-order valence-corrected chi connectivity index (χ0v) is 15.4. The van der Waals surface area contributed by atoms with Crippen molar-refractivity contribution in [1.29, 1.82) is 0 Å². The van der Waals surface area contributed by atoms with Gasteiger partial charge in [-0.15, -0.1) is 0 Å². The van der Waals surface area contributed by atoms with Gasteiger partial charge in [-0.1, -0.05) is 12.1 Å². The first-order valence-electron chi connectivity index (χ1n) is 8.24. The molecule has 138 valence electrons. The summed E-state index contributed by atoms with van der Waals surface area (Å²) in [4.78, 5) is 24.3. The summed E-state index contributed by atoms with van der Waals surface area (Å²) in [6, 6.07) is 11.9. The number of methoxy groups -OCH3 is 2. The molecule has 0 aromatic heterocycles. The summed E-state index contributed by atoms with van der Waals surface area (Å²) in [6.07, 6.45) is -0.0725. The normalized spacial score (nSPS) is 10.3. The van der Waals surface area contributed by atoms with Crippen LogP contribution >= 0.6 is 0 Å². The topological polar surface area (TPSA) is 73.9 Å². The van der Waals surface area contributed by atoms with E-state index in [2.05, 4.69) is 5.32 Å². The number of hydrogen-bond acceptors (Lipinski definition) is 5. The van der Waals surface area contributed by atoms with Crippen molar-refractivity contribution in [3.8, 4) is 11.5 Å². The van der Waals surface area contributed by atoms with E-state index in [0.29, 0.717) is 22.7 Å². The quantitative estimate of drug-likeness (QED) is 0.768. The predicted octanol–water partition coefficient (Wildman–Crippen LogP) is 3.45. The molecule has 2 aromatic rings. The van der Waals surface area contributed by atoms with Gasteiger partial charge in [0.15, 0.2) is 0 Å². The molecule has 0 saturated heterocycles. The van der Waals surface area contributed by atoms with Crippen LogP contribution in [-0.4, -0.2) is 32.2 Å². The highest BCUT2D eigenvalue weighted by molar-refractivity contribution is 5.95. The molecule has 1 amide bonds. The number of ether oxygens (including phenoxy) is 3. The third-order valence-corrected chi connectivity index (χ3v) is 3.57. The Hall–Kier alpha value is -3.02. The number of rotatable bonds is 7. The molecule has 2 rings (SSSR count). The molecule has 0 atom stereocenters. The van der Waals surface area contributed by atoms with Crippen molar-refractivity contribution in [2.45, 2.75) is 26.4 Å². The lowest BCUT2D eigenvalue weighted by Crippen LogP contribution is -2.16. The average molecular weight is 357 g/mol. The van der Waals surface area contributed by atoms with E-state index in [9.17, 15) is 9.59 Å². The predicted molar refractivity (Wildman–Crippen MR) is 98.9 cm³/mol. The first kappa shape index (κ1) is 19.3. The molecule has 26 heavy (non-hydrogen) atoms. The summed E-state index contributed by atoms with van der Waals surface area (Å²) >= 11 is 0. The molecule has 0 unspecified atom stereocenters. The van der Waals surface area contributed by atoms with Crippen LogP contribution in [0.3, 0.4) is 0 Å². The average Bonchev–Trinajstić information content (AvgIpc) is 2.61. The standard InChI is InChI=1S/C20H23NO5/c1-13(2)26-20(23)15-6-5-7-16(10-15)21-19(22)11-14-8-9-17(24-3)12-18(14)25-4/h5-10,12-13H,11H2,1-4H3,(H,21,22). The summed E-state index contributed by atoms with van der Waals surface area (Å²) in [6.45, 7) is 3.57. The summed E-state index contributed by atoms with van der Waals surface area (Å²) in [5.41, 5.74) is 1.65. The lowest BCUT2D eigenvalue weighted by atomic mass is 10.1. The van der Waals surface area contributed by atoms with Crippen molar-refractivity contribution in [2.24, 2.45) is 0 Å². The van der Waals surface area contributed by atoms with E-state index in [1.807, 2.05) is 0 Å². The third kappa shape index (κ3) is 5.24. The lowest BCUT2D eigenvalue weighted by molar-refractivity contribution is -0.115. The summed E-state index contributed by atoms with van der Waals surface area (Å²) in [7, 11) is 3.11. The zero-order valence-electron chi connectivity index (χ0n) is 15.4. The number of carbonyl (C=O) groups is 2. The number of anilines is 1. The Balaban J connectivity index is 2.07. The maximum atomic E-state index is 12.3. The second kappa shape index (κ2) is 8.89. The monoisotopic (exact) mass is 357 g/mol. The second-order valence-electron chi connectivity index (χ2n) is 5.94. The molecular weight excluding hydrogens is 334 g/mol. The molecule has 0 aliphatic heterocycles. The molecule has 0 spiro atoms. The molecule has 6 nitrogen and oxygen atoms in total. The van der Waals surface area contributed by atoms with E-state index >= 15 is 0 Å². The van der Waals surface area contributed by atoms with E-state index in [0.717, 1.165) is 5.56 Å². The van der Waals surface area contributed by atoms with Gasteiger partial charge in [0.1, 0.15) is 11.5 Å². The van der Waals surface area contributed by atoms with Crippen LogP contribution in [0.25, 0.3) is 0 Å². The molecule has 6 heteroatoms. The van der Waals surface area contributed by atoms with Crippen LogP contribution in [0.4, 0.5) is 5.69 Å². The first-order chi connectivity index (χ1) is 12.4. The number of carbonyl (C=O) groups excluding carboxylic acids is 2. The van der Waals surface area contributed by atoms with Crippen molar-refractivity contribution in [3.63, 3.8) is 0 Å². The fourth-order valence-corrected chi connectivity index (χ4v) is 2.38. The van der Waals surface area contributed by atoms with Crippen molar-refractivity contribution in [2.75, 3.05) is 19.5 Å². The highest BCUT2D eigenvalue weighted by Gasteiger charge is 2.13. The third-order valence-electron chi connectivity index (χ3n) is 3.57. The molecule has 0 heterocycles. The molecule has 0 aliphatic rings. The Morgan fingerprint density at radius 2 is 1.81 bits per heavy atom. The van der Waals surface area contributed by atoms with E-state index in [1.54, 1.807) is 70.5 Å². The van der Waals surface area contributed by atoms with Gasteiger partial charge >= 0.3 is 5.97 Å². The maximum Gasteiger partial charge on any atom is 0.338 e. The van der Waals surface area contributed by atoms with E-state index in [4.69, 9.17) is 14.2 Å². The van der Waals surface area contributed by atoms with Crippen LogP contribution in [-0.2, 0) is 16.0 Å². The van der Waals surface area contributed by atoms with Gasteiger partial charge < -0.3 is 19.5 Å². The molecule has 2 aromatic carbocycles. The van der Waals surface area contributed by atoms with Crippen LogP contribution in [0.15, 0.2) is 42.5 Å². The van der Waals surface area contributed by atoms with Crippen molar-refractivity contribution in [3.05, 3.63) is 53.6 Å². The van der Waals surface area contributed by atoms with Gasteiger partial charge in [-0.2, -0.15) is 0 Å². The highest BCUT2D eigenvalue weighted by atomic mass is 16.5. The van der Waals surface area contributed by atoms with Gasteiger partial charge in [-0.3, -0.25) is 4.79 Å². The second-order valence-corrected chi connectivity index (χ2v) is 5.94. The van der Waals surface area contributed by atoms with Crippen LogP contribution in [0.2, 0.25) is 0 Å². The molecule has 0 aliphatic carbocycles. The minimum absolute atomic E-state index is 0.133. The van der Waals surface area contributed by atoms with E-state index < -0.39 is 5.97 Å². The minimum Gasteiger partial charge on any atom is -0.497 e.